The molecular weight excluding hydrogens is 284 g/mol. The number of hydrogen-bond acceptors (Lipinski definition) is 8. The number of pyridine rings is 1. The fourth-order valence-electron chi connectivity index (χ4n) is 1.86. The molecular formula is C14H18N6O2. The van der Waals surface area contributed by atoms with Crippen molar-refractivity contribution in [3.05, 3.63) is 23.5 Å². The average Bonchev–Trinajstić information content (AvgIpc) is 2.49. The highest BCUT2D eigenvalue weighted by Gasteiger charge is 2.17. The molecule has 22 heavy (non-hydrogen) atoms. The van der Waals surface area contributed by atoms with Crippen LogP contribution in [-0.2, 0) is 0 Å². The van der Waals surface area contributed by atoms with Crippen LogP contribution in [0.4, 0.5) is 11.8 Å². The van der Waals surface area contributed by atoms with Crippen LogP contribution in [-0.4, -0.2) is 28.3 Å². The van der Waals surface area contributed by atoms with Gasteiger partial charge in [-0.05, 0) is 12.0 Å². The Labute approximate surface area is 128 Å². The van der Waals surface area contributed by atoms with Crippen LogP contribution in [0.25, 0.3) is 0 Å². The number of hydrogen-bond donors (Lipinski definition) is 3. The largest absolute Gasteiger partial charge is 0.481 e. The summed E-state index contributed by atoms with van der Waals surface area (Å²) in [5, 5.41) is 7.45. The zero-order chi connectivity index (χ0) is 16.3. The molecule has 8 heteroatoms. The molecule has 0 radical (unpaired) electrons. The van der Waals surface area contributed by atoms with E-state index in [9.17, 15) is 0 Å². The van der Waals surface area contributed by atoms with Crippen LogP contribution >= 0.6 is 0 Å². The highest BCUT2D eigenvalue weighted by Crippen LogP contribution is 2.34. The summed E-state index contributed by atoms with van der Waals surface area (Å²) in [7, 11) is 1.51. The first kappa shape index (κ1) is 15.5. The van der Waals surface area contributed by atoms with Gasteiger partial charge in [-0.25, -0.2) is 9.97 Å². The Hall–Kier alpha value is -2.90. The van der Waals surface area contributed by atoms with Gasteiger partial charge in [0, 0.05) is 6.21 Å². The first-order chi connectivity index (χ1) is 10.5. The minimum Gasteiger partial charge on any atom is -0.481 e. The molecule has 0 saturated heterocycles. The predicted octanol–water partition coefficient (Wildman–Crippen LogP) is 1.96. The molecule has 0 spiro atoms. The number of rotatable bonds is 5. The zero-order valence-corrected chi connectivity index (χ0v) is 12.6. The molecule has 0 saturated carbocycles. The van der Waals surface area contributed by atoms with Crippen LogP contribution in [0.1, 0.15) is 31.0 Å². The average molecular weight is 302 g/mol. The van der Waals surface area contributed by atoms with Gasteiger partial charge in [0.2, 0.25) is 11.8 Å². The van der Waals surface area contributed by atoms with Crippen LogP contribution in [0.15, 0.2) is 12.3 Å². The van der Waals surface area contributed by atoms with E-state index in [4.69, 9.17) is 26.4 Å². The molecule has 0 aromatic carbocycles. The number of ether oxygens (including phenoxy) is 2. The number of nitrogens with zero attached hydrogens (tertiary/aromatic N) is 3. The Morgan fingerprint density at radius 1 is 1.23 bits per heavy atom. The molecule has 5 N–H and O–H groups in total. The van der Waals surface area contributed by atoms with Crippen molar-refractivity contribution in [1.29, 1.82) is 5.41 Å². The summed E-state index contributed by atoms with van der Waals surface area (Å²) in [5.41, 5.74) is 12.4. The summed E-state index contributed by atoms with van der Waals surface area (Å²) >= 11 is 0. The normalized spacial score (nSPS) is 10.5. The van der Waals surface area contributed by atoms with E-state index < -0.39 is 0 Å². The zero-order valence-electron chi connectivity index (χ0n) is 12.6. The molecule has 2 rings (SSSR count). The quantitative estimate of drug-likeness (QED) is 0.719. The molecule has 116 valence electrons. The van der Waals surface area contributed by atoms with Gasteiger partial charge in [0.25, 0.3) is 0 Å². The van der Waals surface area contributed by atoms with Gasteiger partial charge in [0.05, 0.1) is 24.6 Å². The summed E-state index contributed by atoms with van der Waals surface area (Å²) in [6.45, 7) is 3.95. The maximum Gasteiger partial charge on any atom is 0.222 e. The van der Waals surface area contributed by atoms with E-state index in [1.807, 2.05) is 13.8 Å². The smallest absolute Gasteiger partial charge is 0.222 e. The van der Waals surface area contributed by atoms with Crippen molar-refractivity contribution in [3.63, 3.8) is 0 Å². The number of nitrogens with two attached hydrogens (primary N) is 2. The molecule has 2 aromatic heterocycles. The van der Waals surface area contributed by atoms with E-state index in [-0.39, 0.29) is 23.4 Å². The van der Waals surface area contributed by atoms with E-state index >= 15 is 0 Å². The summed E-state index contributed by atoms with van der Waals surface area (Å²) in [5.74, 6) is 1.40. The number of nitrogens with one attached hydrogen (secondary N) is 1. The molecule has 0 aliphatic heterocycles. The van der Waals surface area contributed by atoms with Crippen molar-refractivity contribution in [2.24, 2.45) is 0 Å². The SMILES string of the molecule is COc1nc(C(C)C)c(Oc2cnc(N)nc2N)cc1C=N. The Morgan fingerprint density at radius 2 is 1.95 bits per heavy atom. The van der Waals surface area contributed by atoms with E-state index in [2.05, 4.69) is 15.0 Å². The van der Waals surface area contributed by atoms with Gasteiger partial charge in [-0.2, -0.15) is 4.98 Å². The van der Waals surface area contributed by atoms with E-state index in [0.29, 0.717) is 22.9 Å². The lowest BCUT2D eigenvalue weighted by Crippen LogP contribution is -2.05. The van der Waals surface area contributed by atoms with Gasteiger partial charge >= 0.3 is 0 Å². The lowest BCUT2D eigenvalue weighted by Gasteiger charge is -2.16. The number of nitrogen functional groups attached to an aromatic ring is 2. The van der Waals surface area contributed by atoms with Crippen molar-refractivity contribution in [1.82, 2.24) is 15.0 Å². The lowest BCUT2D eigenvalue weighted by atomic mass is 10.1. The van der Waals surface area contributed by atoms with E-state index in [1.54, 1.807) is 6.07 Å². The third kappa shape index (κ3) is 3.05. The first-order valence-corrected chi connectivity index (χ1v) is 6.61. The second-order valence-corrected chi connectivity index (χ2v) is 4.85. The van der Waals surface area contributed by atoms with Crippen LogP contribution in [0.5, 0.6) is 17.4 Å². The minimum absolute atomic E-state index is 0.0713. The summed E-state index contributed by atoms with van der Waals surface area (Å²) in [4.78, 5) is 12.1. The van der Waals surface area contributed by atoms with Crippen LogP contribution in [0.3, 0.4) is 0 Å². The minimum atomic E-state index is 0.0713. The molecule has 0 unspecified atom stereocenters. The third-order valence-corrected chi connectivity index (χ3v) is 2.93. The fraction of sp³-hybridized carbons (Fsp3) is 0.286. The van der Waals surface area contributed by atoms with Crippen molar-refractivity contribution >= 4 is 18.0 Å². The second kappa shape index (κ2) is 6.25. The Bertz CT molecular complexity index is 702. The van der Waals surface area contributed by atoms with Gasteiger partial charge in [0.15, 0.2) is 11.6 Å². The summed E-state index contributed by atoms with van der Waals surface area (Å²) in [6, 6.07) is 1.67. The molecule has 0 aliphatic carbocycles. The topological polar surface area (TPSA) is 133 Å². The standard InChI is InChI=1S/C14H18N6O2/c1-7(2)11-9(4-8(5-15)13(19-11)21-3)22-10-6-18-14(17)20-12(10)16/h4-7,15H,1-3H3,(H4,16,17,18,20). The lowest BCUT2D eigenvalue weighted by molar-refractivity contribution is 0.389. The highest BCUT2D eigenvalue weighted by atomic mass is 16.5. The molecule has 0 fully saturated rings. The predicted molar refractivity (Wildman–Crippen MR) is 83.7 cm³/mol. The van der Waals surface area contributed by atoms with Crippen LogP contribution in [0.2, 0.25) is 0 Å². The third-order valence-electron chi connectivity index (χ3n) is 2.93. The Kier molecular flexibility index (Phi) is 4.40. The van der Waals surface area contributed by atoms with Gasteiger partial charge < -0.3 is 26.4 Å². The highest BCUT2D eigenvalue weighted by molar-refractivity contribution is 5.81. The molecule has 0 aliphatic rings. The molecule has 0 amide bonds. The maximum absolute atomic E-state index is 7.45. The van der Waals surface area contributed by atoms with Gasteiger partial charge in [0.1, 0.15) is 5.75 Å². The van der Waals surface area contributed by atoms with Crippen molar-refractivity contribution in [2.45, 2.75) is 19.8 Å². The molecule has 2 heterocycles. The number of anilines is 2. The Morgan fingerprint density at radius 3 is 2.50 bits per heavy atom. The van der Waals surface area contributed by atoms with Crippen LogP contribution < -0.4 is 20.9 Å². The molecule has 2 aromatic rings. The molecule has 8 nitrogen and oxygen atoms in total. The molecule has 0 bridgehead atoms. The van der Waals surface area contributed by atoms with Crippen molar-refractivity contribution in [2.75, 3.05) is 18.6 Å². The van der Waals surface area contributed by atoms with Gasteiger partial charge in [-0.15, -0.1) is 0 Å². The van der Waals surface area contributed by atoms with Gasteiger partial charge in [-0.1, -0.05) is 13.8 Å². The monoisotopic (exact) mass is 302 g/mol. The Balaban J connectivity index is 2.50. The maximum atomic E-state index is 7.45. The van der Waals surface area contributed by atoms with E-state index in [0.717, 1.165) is 6.21 Å². The summed E-state index contributed by atoms with van der Waals surface area (Å²) < 4.78 is 11.0. The van der Waals surface area contributed by atoms with Gasteiger partial charge in [-0.3, -0.25) is 0 Å². The molecule has 0 atom stereocenters. The van der Waals surface area contributed by atoms with Crippen molar-refractivity contribution < 1.29 is 9.47 Å². The first-order valence-electron chi connectivity index (χ1n) is 6.61. The summed E-state index contributed by atoms with van der Waals surface area (Å²) in [6.07, 6.45) is 2.54. The number of methoxy groups -OCH3 is 1. The number of aromatic nitrogens is 3. The van der Waals surface area contributed by atoms with E-state index in [1.165, 1.54) is 13.3 Å². The fourth-order valence-corrected chi connectivity index (χ4v) is 1.86. The second-order valence-electron chi connectivity index (χ2n) is 4.85. The van der Waals surface area contributed by atoms with Crippen molar-refractivity contribution in [3.8, 4) is 17.4 Å². The van der Waals surface area contributed by atoms with Crippen LogP contribution in [0, 0.1) is 5.41 Å².